The smallest absolute Gasteiger partial charge is 0.339 e. The summed E-state index contributed by atoms with van der Waals surface area (Å²) in [6.45, 7) is 3.52. The Kier molecular flexibility index (Phi) is 2.72. The van der Waals surface area contributed by atoms with Gasteiger partial charge in [-0.25, -0.2) is 4.79 Å². The third kappa shape index (κ3) is 1.89. The SMILES string of the molecule is C=Cc1cc(O)c(C(=O)O)cc1Br. The maximum absolute atomic E-state index is 10.6. The fourth-order valence-corrected chi connectivity index (χ4v) is 1.41. The average Bonchev–Trinajstić information content (AvgIpc) is 2.07. The van der Waals surface area contributed by atoms with E-state index >= 15 is 0 Å². The van der Waals surface area contributed by atoms with Gasteiger partial charge in [0.15, 0.2) is 0 Å². The lowest BCUT2D eigenvalue weighted by molar-refractivity contribution is 0.0693. The van der Waals surface area contributed by atoms with Crippen molar-refractivity contribution >= 4 is 28.0 Å². The van der Waals surface area contributed by atoms with Crippen molar-refractivity contribution < 1.29 is 15.0 Å². The Balaban J connectivity index is 3.36. The van der Waals surface area contributed by atoms with Crippen LogP contribution >= 0.6 is 15.9 Å². The number of carbonyl (C=O) groups is 1. The molecule has 0 aliphatic carbocycles. The molecule has 4 heteroatoms. The fraction of sp³-hybridized carbons (Fsp3) is 0. The third-order valence-electron chi connectivity index (χ3n) is 1.57. The summed E-state index contributed by atoms with van der Waals surface area (Å²) < 4.78 is 0.595. The van der Waals surface area contributed by atoms with Gasteiger partial charge in [-0.2, -0.15) is 0 Å². The molecule has 0 fully saturated rings. The Morgan fingerprint density at radius 1 is 1.54 bits per heavy atom. The summed E-state index contributed by atoms with van der Waals surface area (Å²) in [5.74, 6) is -1.42. The lowest BCUT2D eigenvalue weighted by Gasteiger charge is -2.03. The van der Waals surface area contributed by atoms with E-state index in [4.69, 9.17) is 5.11 Å². The van der Waals surface area contributed by atoms with Crippen LogP contribution in [0.2, 0.25) is 0 Å². The zero-order chi connectivity index (χ0) is 10.0. The number of hydrogen-bond donors (Lipinski definition) is 2. The number of carboxylic acids is 1. The molecule has 0 unspecified atom stereocenters. The monoisotopic (exact) mass is 242 g/mol. The van der Waals surface area contributed by atoms with E-state index in [1.54, 1.807) is 0 Å². The highest BCUT2D eigenvalue weighted by Gasteiger charge is 2.11. The molecule has 0 atom stereocenters. The van der Waals surface area contributed by atoms with E-state index in [2.05, 4.69) is 22.5 Å². The summed E-state index contributed by atoms with van der Waals surface area (Å²) in [5, 5.41) is 17.9. The van der Waals surface area contributed by atoms with Crippen LogP contribution in [0, 0.1) is 0 Å². The summed E-state index contributed by atoms with van der Waals surface area (Å²) in [6, 6.07) is 2.69. The molecule has 0 aliphatic heterocycles. The van der Waals surface area contributed by atoms with E-state index < -0.39 is 5.97 Å². The second kappa shape index (κ2) is 3.62. The lowest BCUT2D eigenvalue weighted by Crippen LogP contribution is -1.97. The van der Waals surface area contributed by atoms with Gasteiger partial charge in [-0.15, -0.1) is 0 Å². The average molecular weight is 243 g/mol. The van der Waals surface area contributed by atoms with Crippen molar-refractivity contribution in [3.05, 3.63) is 34.3 Å². The molecule has 68 valence electrons. The standard InChI is InChI=1S/C9H7BrO3/c1-2-5-3-8(11)6(9(12)13)4-7(5)10/h2-4,11H,1H2,(H,12,13). The van der Waals surface area contributed by atoms with Gasteiger partial charge in [-0.05, 0) is 17.7 Å². The zero-order valence-electron chi connectivity index (χ0n) is 6.62. The minimum Gasteiger partial charge on any atom is -0.507 e. The van der Waals surface area contributed by atoms with Crippen molar-refractivity contribution in [3.63, 3.8) is 0 Å². The summed E-state index contributed by atoms with van der Waals surface area (Å²) in [6.07, 6.45) is 1.52. The van der Waals surface area contributed by atoms with E-state index in [-0.39, 0.29) is 11.3 Å². The first-order valence-electron chi connectivity index (χ1n) is 3.44. The van der Waals surface area contributed by atoms with Gasteiger partial charge in [-0.3, -0.25) is 0 Å². The second-order valence-corrected chi connectivity index (χ2v) is 3.25. The van der Waals surface area contributed by atoms with Crippen LogP contribution in [-0.4, -0.2) is 16.2 Å². The molecule has 0 aliphatic rings. The van der Waals surface area contributed by atoms with E-state index in [9.17, 15) is 9.90 Å². The van der Waals surface area contributed by atoms with Gasteiger partial charge in [-0.1, -0.05) is 28.6 Å². The Bertz CT molecular complexity index is 371. The Labute approximate surface area is 83.5 Å². The molecule has 1 aromatic carbocycles. The summed E-state index contributed by atoms with van der Waals surface area (Å²) in [4.78, 5) is 10.6. The number of benzene rings is 1. The molecule has 0 bridgehead atoms. The van der Waals surface area contributed by atoms with Crippen LogP contribution < -0.4 is 0 Å². The maximum Gasteiger partial charge on any atom is 0.339 e. The number of rotatable bonds is 2. The van der Waals surface area contributed by atoms with Gasteiger partial charge in [0, 0.05) is 4.47 Å². The number of hydrogen-bond acceptors (Lipinski definition) is 2. The van der Waals surface area contributed by atoms with Gasteiger partial charge in [0.05, 0.1) is 0 Å². The molecule has 0 radical (unpaired) electrons. The van der Waals surface area contributed by atoms with Crippen LogP contribution in [0.15, 0.2) is 23.2 Å². The van der Waals surface area contributed by atoms with Crippen LogP contribution in [0.1, 0.15) is 15.9 Å². The van der Waals surface area contributed by atoms with E-state index in [1.807, 2.05) is 0 Å². The Morgan fingerprint density at radius 2 is 2.15 bits per heavy atom. The molecular formula is C9H7BrO3. The highest BCUT2D eigenvalue weighted by molar-refractivity contribution is 9.10. The lowest BCUT2D eigenvalue weighted by atomic mass is 10.1. The second-order valence-electron chi connectivity index (χ2n) is 2.40. The summed E-state index contributed by atoms with van der Waals surface area (Å²) in [5.41, 5.74) is 0.528. The number of carboxylic acid groups (broad SMARTS) is 1. The van der Waals surface area contributed by atoms with Crippen molar-refractivity contribution in [2.24, 2.45) is 0 Å². The molecule has 0 aromatic heterocycles. The molecule has 0 saturated heterocycles. The number of aromatic hydroxyl groups is 1. The number of halogens is 1. The van der Waals surface area contributed by atoms with E-state index in [0.29, 0.717) is 10.0 Å². The van der Waals surface area contributed by atoms with Gasteiger partial charge in [0.1, 0.15) is 11.3 Å². The summed E-state index contributed by atoms with van der Waals surface area (Å²) >= 11 is 3.16. The van der Waals surface area contributed by atoms with Crippen LogP contribution in [-0.2, 0) is 0 Å². The number of aromatic carboxylic acids is 1. The molecule has 0 amide bonds. The first-order valence-corrected chi connectivity index (χ1v) is 4.23. The van der Waals surface area contributed by atoms with E-state index in [1.165, 1.54) is 18.2 Å². The molecular weight excluding hydrogens is 236 g/mol. The van der Waals surface area contributed by atoms with Crippen LogP contribution in [0.4, 0.5) is 0 Å². The van der Waals surface area contributed by atoms with Crippen molar-refractivity contribution in [1.82, 2.24) is 0 Å². The van der Waals surface area contributed by atoms with Gasteiger partial charge in [0.2, 0.25) is 0 Å². The Hall–Kier alpha value is -1.29. The maximum atomic E-state index is 10.6. The minimum absolute atomic E-state index is 0.127. The Morgan fingerprint density at radius 3 is 2.62 bits per heavy atom. The van der Waals surface area contributed by atoms with Crippen LogP contribution in [0.5, 0.6) is 5.75 Å². The van der Waals surface area contributed by atoms with Gasteiger partial charge >= 0.3 is 5.97 Å². The molecule has 0 heterocycles. The summed E-state index contributed by atoms with van der Waals surface area (Å²) in [7, 11) is 0. The van der Waals surface area contributed by atoms with Crippen molar-refractivity contribution in [2.75, 3.05) is 0 Å². The first kappa shape index (κ1) is 9.80. The number of phenols is 1. The predicted molar refractivity (Wildman–Crippen MR) is 52.9 cm³/mol. The molecule has 2 N–H and O–H groups in total. The molecule has 1 aromatic rings. The van der Waals surface area contributed by atoms with Crippen molar-refractivity contribution in [2.45, 2.75) is 0 Å². The third-order valence-corrected chi connectivity index (χ3v) is 2.25. The normalized spacial score (nSPS) is 9.62. The molecule has 0 spiro atoms. The van der Waals surface area contributed by atoms with Crippen LogP contribution in [0.3, 0.4) is 0 Å². The van der Waals surface area contributed by atoms with Crippen molar-refractivity contribution in [3.8, 4) is 5.75 Å². The van der Waals surface area contributed by atoms with Crippen LogP contribution in [0.25, 0.3) is 6.08 Å². The van der Waals surface area contributed by atoms with Crippen molar-refractivity contribution in [1.29, 1.82) is 0 Å². The van der Waals surface area contributed by atoms with E-state index in [0.717, 1.165) is 0 Å². The zero-order valence-corrected chi connectivity index (χ0v) is 8.21. The molecule has 0 saturated carbocycles. The minimum atomic E-state index is -1.16. The highest BCUT2D eigenvalue weighted by Crippen LogP contribution is 2.27. The topological polar surface area (TPSA) is 57.5 Å². The fourth-order valence-electron chi connectivity index (χ4n) is 0.906. The molecule has 13 heavy (non-hydrogen) atoms. The quantitative estimate of drug-likeness (QED) is 0.838. The first-order chi connectivity index (χ1) is 6.06. The van der Waals surface area contributed by atoms with Gasteiger partial charge < -0.3 is 10.2 Å². The largest absolute Gasteiger partial charge is 0.507 e. The predicted octanol–water partition coefficient (Wildman–Crippen LogP) is 2.50. The van der Waals surface area contributed by atoms with Gasteiger partial charge in [0.25, 0.3) is 0 Å². The molecule has 3 nitrogen and oxygen atoms in total. The molecule has 1 rings (SSSR count). The highest BCUT2D eigenvalue weighted by atomic mass is 79.9.